The number of amides is 3. The highest BCUT2D eigenvalue weighted by Gasteiger charge is 2.28. The monoisotopic (exact) mass is 485 g/mol. The van der Waals surface area contributed by atoms with Gasteiger partial charge in [-0.2, -0.15) is 0 Å². The summed E-state index contributed by atoms with van der Waals surface area (Å²) in [6.45, 7) is 8.13. The standard InChI is InChI=1S/C29H31N3O4/c1-5-30-28(35)32-24(33)17-36-27(34)25-21-8-6-7-9-23(21)31-26-19(12-15-22(25)26)16-18-10-13-20(14-11-18)29(2,3)4/h6-11,13-14,16H,5,12,15,17H2,1-4H3,(H2,30,32,33,35). The van der Waals surface area contributed by atoms with Crippen molar-refractivity contribution in [2.24, 2.45) is 0 Å². The molecule has 0 unspecified atom stereocenters. The van der Waals surface area contributed by atoms with Crippen LogP contribution in [0.4, 0.5) is 4.79 Å². The Labute approximate surface area is 211 Å². The lowest BCUT2D eigenvalue weighted by Crippen LogP contribution is -2.41. The summed E-state index contributed by atoms with van der Waals surface area (Å²) in [4.78, 5) is 41.6. The molecule has 2 N–H and O–H groups in total. The lowest BCUT2D eigenvalue weighted by molar-refractivity contribution is -0.123. The number of pyridine rings is 1. The smallest absolute Gasteiger partial charge is 0.339 e. The Morgan fingerprint density at radius 3 is 2.44 bits per heavy atom. The molecule has 1 aliphatic carbocycles. The number of imide groups is 1. The molecule has 7 heteroatoms. The predicted molar refractivity (Wildman–Crippen MR) is 141 cm³/mol. The lowest BCUT2D eigenvalue weighted by atomic mass is 9.86. The summed E-state index contributed by atoms with van der Waals surface area (Å²) in [5.41, 5.74) is 6.19. The number of aromatic nitrogens is 1. The predicted octanol–water partition coefficient (Wildman–Crippen LogP) is 5.02. The highest BCUT2D eigenvalue weighted by atomic mass is 16.5. The first kappa shape index (κ1) is 25.1. The van der Waals surface area contributed by atoms with Crippen LogP contribution in [0.3, 0.4) is 0 Å². The molecule has 0 spiro atoms. The molecule has 0 bridgehead atoms. The Kier molecular flexibility index (Phi) is 7.20. The first-order valence-corrected chi connectivity index (χ1v) is 12.1. The van der Waals surface area contributed by atoms with Crippen LogP contribution in [0, 0.1) is 0 Å². The van der Waals surface area contributed by atoms with Crippen LogP contribution in [-0.4, -0.2) is 36.0 Å². The summed E-state index contributed by atoms with van der Waals surface area (Å²) in [5.74, 6) is -1.30. The zero-order valence-corrected chi connectivity index (χ0v) is 21.1. The molecule has 0 atom stereocenters. The van der Waals surface area contributed by atoms with Crippen molar-refractivity contribution in [3.63, 3.8) is 0 Å². The van der Waals surface area contributed by atoms with Crippen molar-refractivity contribution >= 4 is 40.5 Å². The molecule has 4 rings (SSSR count). The highest BCUT2D eigenvalue weighted by Crippen LogP contribution is 2.38. The molecule has 2 aromatic carbocycles. The summed E-state index contributed by atoms with van der Waals surface area (Å²) >= 11 is 0. The fraction of sp³-hybridized carbons (Fsp3) is 0.310. The Morgan fingerprint density at radius 2 is 1.75 bits per heavy atom. The summed E-state index contributed by atoms with van der Waals surface area (Å²) < 4.78 is 5.32. The molecule has 3 amide bonds. The van der Waals surface area contributed by atoms with Crippen LogP contribution < -0.4 is 10.6 Å². The fourth-order valence-electron chi connectivity index (χ4n) is 4.36. The van der Waals surface area contributed by atoms with E-state index < -0.39 is 24.5 Å². The summed E-state index contributed by atoms with van der Waals surface area (Å²) in [6.07, 6.45) is 3.52. The lowest BCUT2D eigenvalue weighted by Gasteiger charge is -2.18. The number of carbonyl (C=O) groups is 3. The van der Waals surface area contributed by atoms with E-state index in [2.05, 4.69) is 61.7 Å². The van der Waals surface area contributed by atoms with Crippen LogP contribution in [0.2, 0.25) is 0 Å². The Balaban J connectivity index is 1.64. The quantitative estimate of drug-likeness (QED) is 0.495. The van der Waals surface area contributed by atoms with Crippen molar-refractivity contribution in [2.75, 3.05) is 13.2 Å². The Bertz CT molecular complexity index is 1350. The maximum absolute atomic E-state index is 13.2. The number of para-hydroxylation sites is 1. The van der Waals surface area contributed by atoms with Gasteiger partial charge in [0.05, 0.1) is 16.8 Å². The molecular weight excluding hydrogens is 454 g/mol. The zero-order chi connectivity index (χ0) is 25.9. The molecule has 186 valence electrons. The number of urea groups is 1. The SMILES string of the molecule is CCNC(=O)NC(=O)COC(=O)c1c2c(nc3ccccc13)C(=Cc1ccc(C(C)(C)C)cc1)CC2. The van der Waals surface area contributed by atoms with Gasteiger partial charge in [-0.15, -0.1) is 0 Å². The van der Waals surface area contributed by atoms with Gasteiger partial charge in [-0.25, -0.2) is 14.6 Å². The number of rotatable bonds is 5. The molecule has 0 aliphatic heterocycles. The number of benzene rings is 2. The van der Waals surface area contributed by atoms with Gasteiger partial charge in [0.15, 0.2) is 6.61 Å². The second kappa shape index (κ2) is 10.3. The molecule has 0 fully saturated rings. The van der Waals surface area contributed by atoms with Gasteiger partial charge in [0.1, 0.15) is 0 Å². The Morgan fingerprint density at radius 1 is 1.03 bits per heavy atom. The minimum Gasteiger partial charge on any atom is -0.452 e. The number of ether oxygens (including phenoxy) is 1. The summed E-state index contributed by atoms with van der Waals surface area (Å²) in [6, 6.07) is 15.3. The van der Waals surface area contributed by atoms with E-state index in [-0.39, 0.29) is 5.41 Å². The molecule has 1 aliphatic rings. The highest BCUT2D eigenvalue weighted by molar-refractivity contribution is 6.08. The van der Waals surface area contributed by atoms with Crippen molar-refractivity contribution in [3.05, 3.63) is 76.5 Å². The number of hydrogen-bond donors (Lipinski definition) is 2. The van der Waals surface area contributed by atoms with Crippen molar-refractivity contribution in [3.8, 4) is 0 Å². The second-order valence-corrected chi connectivity index (χ2v) is 9.86. The average molecular weight is 486 g/mol. The van der Waals surface area contributed by atoms with Gasteiger partial charge in [-0.3, -0.25) is 10.1 Å². The van der Waals surface area contributed by atoms with E-state index in [4.69, 9.17) is 9.72 Å². The van der Waals surface area contributed by atoms with Crippen LogP contribution in [0.15, 0.2) is 48.5 Å². The fourth-order valence-corrected chi connectivity index (χ4v) is 4.36. The van der Waals surface area contributed by atoms with Crippen molar-refractivity contribution < 1.29 is 19.1 Å². The Hall–Kier alpha value is -4.00. The van der Waals surface area contributed by atoms with Crippen LogP contribution in [0.25, 0.3) is 22.6 Å². The first-order chi connectivity index (χ1) is 17.2. The van der Waals surface area contributed by atoms with E-state index in [1.54, 1.807) is 6.92 Å². The van der Waals surface area contributed by atoms with E-state index >= 15 is 0 Å². The molecule has 0 radical (unpaired) electrons. The molecule has 36 heavy (non-hydrogen) atoms. The number of nitrogens with zero attached hydrogens (tertiary/aromatic N) is 1. The summed E-state index contributed by atoms with van der Waals surface area (Å²) in [5, 5.41) is 5.28. The molecule has 3 aromatic rings. The van der Waals surface area contributed by atoms with Crippen molar-refractivity contribution in [1.82, 2.24) is 15.6 Å². The maximum atomic E-state index is 13.2. The number of carbonyl (C=O) groups excluding carboxylic acids is 3. The van der Waals surface area contributed by atoms with Gasteiger partial charge in [0, 0.05) is 11.9 Å². The van der Waals surface area contributed by atoms with E-state index in [9.17, 15) is 14.4 Å². The minimum absolute atomic E-state index is 0.0814. The number of fused-ring (bicyclic) bond motifs is 2. The normalized spacial score (nSPS) is 13.9. The number of esters is 1. The zero-order valence-electron chi connectivity index (χ0n) is 21.1. The topological polar surface area (TPSA) is 97.4 Å². The third-order valence-electron chi connectivity index (χ3n) is 6.19. The minimum atomic E-state index is -0.691. The van der Waals surface area contributed by atoms with E-state index in [1.807, 2.05) is 24.3 Å². The molecular formula is C29H31N3O4. The van der Waals surface area contributed by atoms with Crippen LogP contribution in [0.1, 0.15) is 66.9 Å². The number of nitrogens with one attached hydrogen (secondary N) is 2. The van der Waals surface area contributed by atoms with Gasteiger partial charge < -0.3 is 10.1 Å². The summed E-state index contributed by atoms with van der Waals surface area (Å²) in [7, 11) is 0. The molecule has 1 heterocycles. The molecule has 0 saturated carbocycles. The van der Waals surface area contributed by atoms with Gasteiger partial charge in [0.2, 0.25) is 0 Å². The van der Waals surface area contributed by atoms with Gasteiger partial charge in [0.25, 0.3) is 5.91 Å². The van der Waals surface area contributed by atoms with Gasteiger partial charge in [-0.1, -0.05) is 63.2 Å². The number of hydrogen-bond acceptors (Lipinski definition) is 5. The van der Waals surface area contributed by atoms with Crippen LogP contribution in [0.5, 0.6) is 0 Å². The second-order valence-electron chi connectivity index (χ2n) is 9.86. The van der Waals surface area contributed by atoms with Crippen molar-refractivity contribution in [1.29, 1.82) is 0 Å². The number of allylic oxidation sites excluding steroid dienone is 1. The third kappa shape index (κ3) is 5.46. The molecule has 1 aromatic heterocycles. The first-order valence-electron chi connectivity index (χ1n) is 12.1. The van der Waals surface area contributed by atoms with Crippen LogP contribution >= 0.6 is 0 Å². The van der Waals surface area contributed by atoms with E-state index in [1.165, 1.54) is 5.56 Å². The maximum Gasteiger partial charge on any atom is 0.339 e. The molecule has 0 saturated heterocycles. The van der Waals surface area contributed by atoms with E-state index in [0.717, 1.165) is 28.8 Å². The van der Waals surface area contributed by atoms with Gasteiger partial charge >= 0.3 is 12.0 Å². The largest absolute Gasteiger partial charge is 0.452 e. The van der Waals surface area contributed by atoms with Gasteiger partial charge in [-0.05, 0) is 59.6 Å². The van der Waals surface area contributed by atoms with Crippen molar-refractivity contribution in [2.45, 2.75) is 46.0 Å². The average Bonchev–Trinajstić information content (AvgIpc) is 3.22. The third-order valence-corrected chi connectivity index (χ3v) is 6.19. The molecule has 7 nitrogen and oxygen atoms in total. The van der Waals surface area contributed by atoms with E-state index in [0.29, 0.717) is 29.4 Å². The van der Waals surface area contributed by atoms with Crippen LogP contribution in [-0.2, 0) is 21.4 Å².